The lowest BCUT2D eigenvalue weighted by Crippen LogP contribution is -2.26. The smallest absolute Gasteiger partial charge is 0.341 e. The number of fused-ring (bicyclic) bond motifs is 1. The second-order valence-electron chi connectivity index (χ2n) is 4.29. The summed E-state index contributed by atoms with van der Waals surface area (Å²) in [5.41, 5.74) is 1.42. The molecular weight excluding hydrogens is 234 g/mol. The molecule has 0 unspecified atom stereocenters. The quantitative estimate of drug-likeness (QED) is 0.873. The maximum absolute atomic E-state index is 12.1. The third-order valence-electron chi connectivity index (χ3n) is 2.98. The van der Waals surface area contributed by atoms with Crippen molar-refractivity contribution in [2.45, 2.75) is 12.8 Å². The Hall–Kier alpha value is -2.04. The number of aliphatic carboxylic acids is 1. The highest BCUT2D eigenvalue weighted by molar-refractivity contribution is 5.96. The first kappa shape index (κ1) is 12.4. The number of ether oxygens (including phenoxy) is 1. The maximum atomic E-state index is 12.1. The van der Waals surface area contributed by atoms with Crippen molar-refractivity contribution in [2.75, 3.05) is 20.2 Å². The van der Waals surface area contributed by atoms with Crippen molar-refractivity contribution < 1.29 is 19.4 Å². The Kier molecular flexibility index (Phi) is 3.50. The molecule has 1 heterocycles. The van der Waals surface area contributed by atoms with Crippen LogP contribution in [0.4, 0.5) is 0 Å². The van der Waals surface area contributed by atoms with Crippen molar-refractivity contribution in [2.24, 2.45) is 0 Å². The van der Waals surface area contributed by atoms with Crippen LogP contribution in [0.15, 0.2) is 18.2 Å². The van der Waals surface area contributed by atoms with Gasteiger partial charge in [0.05, 0.1) is 0 Å². The number of carbonyl (C=O) groups excluding carboxylic acids is 1. The first-order chi connectivity index (χ1) is 8.59. The molecule has 0 radical (unpaired) electrons. The second kappa shape index (κ2) is 5.08. The van der Waals surface area contributed by atoms with Crippen LogP contribution in [0.2, 0.25) is 0 Å². The van der Waals surface area contributed by atoms with Crippen LogP contribution in [0.1, 0.15) is 22.3 Å². The molecule has 0 aromatic heterocycles. The van der Waals surface area contributed by atoms with Gasteiger partial charge in [0.15, 0.2) is 6.61 Å². The van der Waals surface area contributed by atoms with Gasteiger partial charge in [0.25, 0.3) is 5.91 Å². The predicted molar refractivity (Wildman–Crippen MR) is 64.9 cm³/mol. The molecular formula is C13H15NO4. The molecule has 0 bridgehead atoms. The second-order valence-corrected chi connectivity index (χ2v) is 4.29. The van der Waals surface area contributed by atoms with E-state index in [2.05, 4.69) is 0 Å². The summed E-state index contributed by atoms with van der Waals surface area (Å²) in [4.78, 5) is 24.3. The zero-order valence-corrected chi connectivity index (χ0v) is 10.2. The van der Waals surface area contributed by atoms with Gasteiger partial charge < -0.3 is 14.7 Å². The van der Waals surface area contributed by atoms with Gasteiger partial charge in [0, 0.05) is 24.7 Å². The molecule has 1 aromatic rings. The van der Waals surface area contributed by atoms with E-state index in [1.165, 1.54) is 0 Å². The minimum Gasteiger partial charge on any atom is -0.482 e. The van der Waals surface area contributed by atoms with Crippen LogP contribution in [-0.4, -0.2) is 42.1 Å². The fourth-order valence-corrected chi connectivity index (χ4v) is 2.10. The first-order valence-corrected chi connectivity index (χ1v) is 5.81. The van der Waals surface area contributed by atoms with Crippen molar-refractivity contribution in [1.29, 1.82) is 0 Å². The summed E-state index contributed by atoms with van der Waals surface area (Å²) >= 11 is 0. The van der Waals surface area contributed by atoms with Crippen LogP contribution in [-0.2, 0) is 11.2 Å². The molecule has 96 valence electrons. The van der Waals surface area contributed by atoms with E-state index < -0.39 is 5.97 Å². The predicted octanol–water partition coefficient (Wildman–Crippen LogP) is 1.17. The van der Waals surface area contributed by atoms with Crippen molar-refractivity contribution in [3.63, 3.8) is 0 Å². The Balaban J connectivity index is 2.34. The monoisotopic (exact) mass is 249 g/mol. The summed E-state index contributed by atoms with van der Waals surface area (Å²) < 4.78 is 5.23. The standard InChI is InChI=1S/C13H15NO4/c1-14-7-3-5-9-10(13(14)17)4-2-6-11(9)18-8-12(15)16/h2,4,6H,3,5,7-8H2,1H3,(H,15,16). The van der Waals surface area contributed by atoms with Crippen LogP contribution >= 0.6 is 0 Å². The molecule has 0 saturated heterocycles. The van der Waals surface area contributed by atoms with Crippen LogP contribution in [0.3, 0.4) is 0 Å². The summed E-state index contributed by atoms with van der Waals surface area (Å²) in [6.07, 6.45) is 1.57. The third-order valence-corrected chi connectivity index (χ3v) is 2.98. The van der Waals surface area contributed by atoms with Crippen LogP contribution in [0.5, 0.6) is 5.75 Å². The van der Waals surface area contributed by atoms with Crippen molar-refractivity contribution in [3.8, 4) is 5.75 Å². The molecule has 5 heteroatoms. The van der Waals surface area contributed by atoms with Gasteiger partial charge in [-0.15, -0.1) is 0 Å². The molecule has 18 heavy (non-hydrogen) atoms. The lowest BCUT2D eigenvalue weighted by atomic mass is 10.0. The Morgan fingerprint density at radius 1 is 1.50 bits per heavy atom. The van der Waals surface area contributed by atoms with Gasteiger partial charge in [-0.1, -0.05) is 6.07 Å². The summed E-state index contributed by atoms with van der Waals surface area (Å²) in [5.74, 6) is -0.563. The highest BCUT2D eigenvalue weighted by atomic mass is 16.5. The molecule has 0 atom stereocenters. The normalized spacial score (nSPS) is 14.9. The molecule has 1 amide bonds. The fourth-order valence-electron chi connectivity index (χ4n) is 2.10. The largest absolute Gasteiger partial charge is 0.482 e. The number of hydrogen-bond acceptors (Lipinski definition) is 3. The molecule has 0 fully saturated rings. The number of rotatable bonds is 3. The Labute approximate surface area is 105 Å². The molecule has 0 saturated carbocycles. The van der Waals surface area contributed by atoms with E-state index in [0.717, 1.165) is 18.4 Å². The van der Waals surface area contributed by atoms with E-state index in [9.17, 15) is 9.59 Å². The van der Waals surface area contributed by atoms with Gasteiger partial charge in [-0.2, -0.15) is 0 Å². The number of carbonyl (C=O) groups is 2. The summed E-state index contributed by atoms with van der Waals surface area (Å²) in [6.45, 7) is 0.312. The number of carboxylic acid groups (broad SMARTS) is 1. The summed E-state index contributed by atoms with van der Waals surface area (Å²) in [7, 11) is 1.77. The molecule has 1 aliphatic rings. The highest BCUT2D eigenvalue weighted by Crippen LogP contribution is 2.27. The van der Waals surface area contributed by atoms with E-state index in [1.807, 2.05) is 0 Å². The van der Waals surface area contributed by atoms with E-state index >= 15 is 0 Å². The van der Waals surface area contributed by atoms with E-state index in [4.69, 9.17) is 9.84 Å². The highest BCUT2D eigenvalue weighted by Gasteiger charge is 2.22. The van der Waals surface area contributed by atoms with Gasteiger partial charge >= 0.3 is 5.97 Å². The molecule has 1 N–H and O–H groups in total. The van der Waals surface area contributed by atoms with Crippen LogP contribution < -0.4 is 4.74 Å². The molecule has 2 rings (SSSR count). The minimum absolute atomic E-state index is 0.0386. The molecule has 5 nitrogen and oxygen atoms in total. The SMILES string of the molecule is CN1CCCc2c(OCC(=O)O)cccc2C1=O. The van der Waals surface area contributed by atoms with Gasteiger partial charge in [-0.05, 0) is 25.0 Å². The Morgan fingerprint density at radius 3 is 3.00 bits per heavy atom. The Bertz CT molecular complexity index is 484. The summed E-state index contributed by atoms with van der Waals surface area (Å²) in [6, 6.07) is 5.18. The number of nitrogens with zero attached hydrogens (tertiary/aromatic N) is 1. The van der Waals surface area contributed by atoms with E-state index in [1.54, 1.807) is 30.1 Å². The van der Waals surface area contributed by atoms with E-state index in [-0.39, 0.29) is 12.5 Å². The fraction of sp³-hybridized carbons (Fsp3) is 0.385. The van der Waals surface area contributed by atoms with Crippen molar-refractivity contribution >= 4 is 11.9 Å². The van der Waals surface area contributed by atoms with Crippen molar-refractivity contribution in [3.05, 3.63) is 29.3 Å². The third kappa shape index (κ3) is 2.45. The van der Waals surface area contributed by atoms with Gasteiger partial charge in [-0.25, -0.2) is 4.79 Å². The molecule has 0 spiro atoms. The lowest BCUT2D eigenvalue weighted by Gasteiger charge is -2.15. The lowest BCUT2D eigenvalue weighted by molar-refractivity contribution is -0.139. The maximum Gasteiger partial charge on any atom is 0.341 e. The molecule has 1 aliphatic heterocycles. The zero-order valence-electron chi connectivity index (χ0n) is 10.2. The average molecular weight is 249 g/mol. The van der Waals surface area contributed by atoms with Gasteiger partial charge in [0.2, 0.25) is 0 Å². The van der Waals surface area contributed by atoms with Crippen LogP contribution in [0, 0.1) is 0 Å². The topological polar surface area (TPSA) is 66.8 Å². The number of hydrogen-bond donors (Lipinski definition) is 1. The van der Waals surface area contributed by atoms with Crippen LogP contribution in [0.25, 0.3) is 0 Å². The first-order valence-electron chi connectivity index (χ1n) is 5.81. The Morgan fingerprint density at radius 2 is 2.28 bits per heavy atom. The zero-order chi connectivity index (χ0) is 13.1. The van der Waals surface area contributed by atoms with Crippen molar-refractivity contribution in [1.82, 2.24) is 4.90 Å². The average Bonchev–Trinajstić information content (AvgIpc) is 2.48. The number of carboxylic acids is 1. The summed E-state index contributed by atoms with van der Waals surface area (Å²) in [5, 5.41) is 8.63. The number of amides is 1. The number of benzene rings is 1. The van der Waals surface area contributed by atoms with E-state index in [0.29, 0.717) is 17.9 Å². The molecule has 1 aromatic carbocycles. The minimum atomic E-state index is -1.02. The molecule has 0 aliphatic carbocycles. The van der Waals surface area contributed by atoms with Gasteiger partial charge in [-0.3, -0.25) is 4.79 Å². The van der Waals surface area contributed by atoms with Gasteiger partial charge in [0.1, 0.15) is 5.75 Å².